The van der Waals surface area contributed by atoms with Gasteiger partial charge in [0.1, 0.15) is 0 Å². The highest BCUT2D eigenvalue weighted by Crippen LogP contribution is 2.22. The smallest absolute Gasteiger partial charge is 0.271 e. The summed E-state index contributed by atoms with van der Waals surface area (Å²) in [5.41, 5.74) is 6.23. The van der Waals surface area contributed by atoms with Crippen molar-refractivity contribution in [1.29, 1.82) is 0 Å². The minimum atomic E-state index is -0.225. The molecule has 0 bridgehead atoms. The fourth-order valence-electron chi connectivity index (χ4n) is 2.40. The van der Waals surface area contributed by atoms with Gasteiger partial charge in [-0.25, -0.2) is 5.43 Å². The molecule has 0 aromatic heterocycles. The molecule has 0 saturated carbocycles. The lowest BCUT2D eigenvalue weighted by Gasteiger charge is -2.19. The second kappa shape index (κ2) is 7.93. The molecule has 124 valence electrons. The molecule has 25 heavy (non-hydrogen) atoms. The van der Waals surface area contributed by atoms with Gasteiger partial charge in [-0.1, -0.05) is 48.5 Å². The average Bonchev–Trinajstić information content (AvgIpc) is 2.69. The van der Waals surface area contributed by atoms with Crippen LogP contribution in [0.2, 0.25) is 0 Å². The van der Waals surface area contributed by atoms with E-state index in [0.717, 1.165) is 16.9 Å². The predicted molar refractivity (Wildman–Crippen MR) is 102 cm³/mol. The number of hydrogen-bond donors (Lipinski definition) is 1. The Balaban J connectivity index is 1.62. The number of rotatable bonds is 5. The number of benzene rings is 3. The molecule has 0 unspecified atom stereocenters. The Kier molecular flexibility index (Phi) is 5.22. The van der Waals surface area contributed by atoms with Crippen molar-refractivity contribution in [1.82, 2.24) is 5.43 Å². The van der Waals surface area contributed by atoms with E-state index in [4.69, 9.17) is 0 Å². The zero-order valence-electron chi connectivity index (χ0n) is 14.0. The van der Waals surface area contributed by atoms with E-state index < -0.39 is 0 Å². The van der Waals surface area contributed by atoms with Gasteiger partial charge in [-0.2, -0.15) is 5.10 Å². The largest absolute Gasteiger partial charge is 0.345 e. The van der Waals surface area contributed by atoms with Gasteiger partial charge in [0.15, 0.2) is 0 Å². The molecule has 1 amide bonds. The van der Waals surface area contributed by atoms with Gasteiger partial charge >= 0.3 is 0 Å². The molecule has 0 fully saturated rings. The topological polar surface area (TPSA) is 44.7 Å². The van der Waals surface area contributed by atoms with Crippen LogP contribution in [-0.2, 0) is 0 Å². The summed E-state index contributed by atoms with van der Waals surface area (Å²) < 4.78 is 0. The number of carbonyl (C=O) groups is 1. The summed E-state index contributed by atoms with van der Waals surface area (Å²) in [6.45, 7) is 0. The van der Waals surface area contributed by atoms with E-state index in [1.54, 1.807) is 18.3 Å². The number of amides is 1. The zero-order chi connectivity index (χ0) is 17.5. The van der Waals surface area contributed by atoms with Crippen molar-refractivity contribution in [3.05, 3.63) is 96.1 Å². The van der Waals surface area contributed by atoms with Gasteiger partial charge in [-0.15, -0.1) is 0 Å². The molecule has 3 rings (SSSR count). The molecular weight excluding hydrogens is 310 g/mol. The molecular formula is C21H19N3O. The van der Waals surface area contributed by atoms with Crippen LogP contribution in [0.4, 0.5) is 11.4 Å². The van der Waals surface area contributed by atoms with Crippen molar-refractivity contribution in [3.63, 3.8) is 0 Å². The van der Waals surface area contributed by atoms with Crippen LogP contribution in [0.25, 0.3) is 0 Å². The van der Waals surface area contributed by atoms with Crippen molar-refractivity contribution < 1.29 is 4.79 Å². The van der Waals surface area contributed by atoms with Gasteiger partial charge in [0, 0.05) is 24.0 Å². The number of carbonyl (C=O) groups excluding carboxylic acids is 1. The summed E-state index contributed by atoms with van der Waals surface area (Å²) >= 11 is 0. The van der Waals surface area contributed by atoms with Crippen LogP contribution in [0.15, 0.2) is 90.0 Å². The van der Waals surface area contributed by atoms with E-state index >= 15 is 0 Å². The van der Waals surface area contributed by atoms with Crippen LogP contribution in [0.5, 0.6) is 0 Å². The predicted octanol–water partition coefficient (Wildman–Crippen LogP) is 4.22. The fourth-order valence-corrected chi connectivity index (χ4v) is 2.40. The fraction of sp³-hybridized carbons (Fsp3) is 0.0476. The molecule has 0 aliphatic heterocycles. The van der Waals surface area contributed by atoms with Crippen molar-refractivity contribution in [3.8, 4) is 0 Å². The van der Waals surface area contributed by atoms with Crippen LogP contribution in [0, 0.1) is 0 Å². The monoisotopic (exact) mass is 329 g/mol. The number of hydrazone groups is 1. The first-order chi connectivity index (χ1) is 12.2. The Bertz CT molecular complexity index is 843. The minimum Gasteiger partial charge on any atom is -0.345 e. The zero-order valence-corrected chi connectivity index (χ0v) is 14.0. The molecule has 0 saturated heterocycles. The molecule has 0 aliphatic carbocycles. The Hall–Kier alpha value is -3.40. The summed E-state index contributed by atoms with van der Waals surface area (Å²) in [4.78, 5) is 14.0. The molecule has 0 atom stereocenters. The summed E-state index contributed by atoms with van der Waals surface area (Å²) in [6.07, 6.45) is 1.63. The van der Waals surface area contributed by atoms with Gasteiger partial charge in [0.2, 0.25) is 0 Å². The first kappa shape index (κ1) is 16.5. The molecule has 4 nitrogen and oxygen atoms in total. The average molecular weight is 329 g/mol. The second-order valence-corrected chi connectivity index (χ2v) is 5.55. The van der Waals surface area contributed by atoms with Crippen molar-refractivity contribution in [2.24, 2.45) is 5.10 Å². The van der Waals surface area contributed by atoms with E-state index in [9.17, 15) is 4.79 Å². The highest BCUT2D eigenvalue weighted by Gasteiger charge is 2.03. The molecule has 4 heteroatoms. The minimum absolute atomic E-state index is 0.225. The summed E-state index contributed by atoms with van der Waals surface area (Å²) in [6, 6.07) is 27.1. The molecule has 3 aromatic rings. The number of anilines is 2. The normalized spacial score (nSPS) is 10.6. The van der Waals surface area contributed by atoms with Crippen LogP contribution in [0.3, 0.4) is 0 Å². The maximum atomic E-state index is 11.9. The van der Waals surface area contributed by atoms with Gasteiger partial charge in [0.25, 0.3) is 5.91 Å². The van der Waals surface area contributed by atoms with Crippen LogP contribution in [-0.4, -0.2) is 19.2 Å². The highest BCUT2D eigenvalue weighted by molar-refractivity contribution is 5.94. The standard InChI is InChI=1S/C21H19N3O/c1-24(19-10-6-3-7-11-19)20-14-12-17(13-15-20)16-22-23-21(25)18-8-4-2-5-9-18/h2-16H,1H3,(H,23,25)/b22-16-. The SMILES string of the molecule is CN(c1ccccc1)c1ccc(/C=N\NC(=O)c2ccccc2)cc1. The molecule has 3 aromatic carbocycles. The van der Waals surface area contributed by atoms with Gasteiger partial charge in [0.05, 0.1) is 6.21 Å². The van der Waals surface area contributed by atoms with Crippen molar-refractivity contribution in [2.75, 3.05) is 11.9 Å². The number of nitrogens with zero attached hydrogens (tertiary/aromatic N) is 2. The first-order valence-electron chi connectivity index (χ1n) is 8.01. The molecule has 0 aliphatic rings. The third kappa shape index (κ3) is 4.32. The van der Waals surface area contributed by atoms with Crippen LogP contribution < -0.4 is 10.3 Å². The Morgan fingerprint density at radius 2 is 1.40 bits per heavy atom. The Morgan fingerprint density at radius 3 is 2.04 bits per heavy atom. The van der Waals surface area contributed by atoms with E-state index in [1.165, 1.54) is 0 Å². The van der Waals surface area contributed by atoms with Gasteiger partial charge < -0.3 is 4.90 Å². The van der Waals surface area contributed by atoms with E-state index in [2.05, 4.69) is 27.6 Å². The highest BCUT2D eigenvalue weighted by atomic mass is 16.2. The molecule has 0 spiro atoms. The lowest BCUT2D eigenvalue weighted by molar-refractivity contribution is 0.0955. The maximum absolute atomic E-state index is 11.9. The summed E-state index contributed by atoms with van der Waals surface area (Å²) in [7, 11) is 2.03. The number of para-hydroxylation sites is 1. The quantitative estimate of drug-likeness (QED) is 0.563. The van der Waals surface area contributed by atoms with Crippen LogP contribution in [0.1, 0.15) is 15.9 Å². The van der Waals surface area contributed by atoms with E-state index in [1.807, 2.05) is 67.7 Å². The second-order valence-electron chi connectivity index (χ2n) is 5.55. The Labute approximate surface area is 147 Å². The third-order valence-electron chi connectivity index (χ3n) is 3.84. The van der Waals surface area contributed by atoms with Crippen molar-refractivity contribution in [2.45, 2.75) is 0 Å². The molecule has 0 heterocycles. The van der Waals surface area contributed by atoms with E-state index in [-0.39, 0.29) is 5.91 Å². The third-order valence-corrected chi connectivity index (χ3v) is 3.84. The first-order valence-corrected chi connectivity index (χ1v) is 8.01. The lowest BCUT2D eigenvalue weighted by Crippen LogP contribution is -2.17. The summed E-state index contributed by atoms with van der Waals surface area (Å²) in [5, 5.41) is 4.01. The lowest BCUT2D eigenvalue weighted by atomic mass is 10.2. The van der Waals surface area contributed by atoms with Gasteiger partial charge in [-0.05, 0) is 42.0 Å². The summed E-state index contributed by atoms with van der Waals surface area (Å²) in [5.74, 6) is -0.225. The van der Waals surface area contributed by atoms with Crippen LogP contribution >= 0.6 is 0 Å². The van der Waals surface area contributed by atoms with Gasteiger partial charge in [-0.3, -0.25) is 4.79 Å². The Morgan fingerprint density at radius 1 is 0.840 bits per heavy atom. The number of hydrogen-bond acceptors (Lipinski definition) is 3. The maximum Gasteiger partial charge on any atom is 0.271 e. The van der Waals surface area contributed by atoms with E-state index in [0.29, 0.717) is 5.56 Å². The molecule has 0 radical (unpaired) electrons. The molecule has 1 N–H and O–H groups in total. The van der Waals surface area contributed by atoms with Crippen molar-refractivity contribution >= 4 is 23.5 Å². The number of nitrogens with one attached hydrogen (secondary N) is 1.